The molecule has 0 saturated heterocycles. The highest BCUT2D eigenvalue weighted by atomic mass is 16.5. The van der Waals surface area contributed by atoms with Crippen molar-refractivity contribution < 1.29 is 9.26 Å². The summed E-state index contributed by atoms with van der Waals surface area (Å²) in [6.45, 7) is 5.27. The van der Waals surface area contributed by atoms with Crippen molar-refractivity contribution in [3.05, 3.63) is 28.9 Å². The fourth-order valence-electron chi connectivity index (χ4n) is 3.36. The van der Waals surface area contributed by atoms with Crippen LogP contribution in [0.4, 0.5) is 0 Å². The average molecular weight is 317 g/mol. The Kier molecular flexibility index (Phi) is 3.90. The third kappa shape index (κ3) is 3.03. The lowest BCUT2D eigenvalue weighted by Crippen LogP contribution is -2.38. The zero-order valence-corrected chi connectivity index (χ0v) is 13.7. The van der Waals surface area contributed by atoms with E-state index in [1.807, 2.05) is 13.0 Å². The van der Waals surface area contributed by atoms with Gasteiger partial charge in [0.2, 0.25) is 0 Å². The van der Waals surface area contributed by atoms with E-state index >= 15 is 0 Å². The van der Waals surface area contributed by atoms with E-state index in [2.05, 4.69) is 25.1 Å². The number of rotatable bonds is 6. The third-order valence-electron chi connectivity index (χ3n) is 4.75. The molecule has 0 radical (unpaired) electrons. The molecule has 3 heterocycles. The number of methoxy groups -OCH3 is 1. The number of fused-ring (bicyclic) bond motifs is 1. The van der Waals surface area contributed by atoms with Gasteiger partial charge in [-0.1, -0.05) is 10.4 Å². The fraction of sp³-hybridized carbons (Fsp3) is 0.688. The van der Waals surface area contributed by atoms with Crippen LogP contribution >= 0.6 is 0 Å². The predicted octanol–water partition coefficient (Wildman–Crippen LogP) is 1.73. The molecule has 0 spiro atoms. The van der Waals surface area contributed by atoms with Crippen molar-refractivity contribution >= 4 is 0 Å². The summed E-state index contributed by atoms with van der Waals surface area (Å²) in [5.74, 6) is 1.65. The van der Waals surface area contributed by atoms with E-state index < -0.39 is 0 Å². The average Bonchev–Trinajstić information content (AvgIpc) is 3.12. The molecule has 0 aromatic carbocycles. The van der Waals surface area contributed by atoms with E-state index in [4.69, 9.17) is 9.26 Å². The molecule has 2 aromatic rings. The predicted molar refractivity (Wildman–Crippen MR) is 82.7 cm³/mol. The summed E-state index contributed by atoms with van der Waals surface area (Å²) in [6, 6.07) is 2.12. The maximum Gasteiger partial charge on any atom is 0.133 e. The van der Waals surface area contributed by atoms with Crippen molar-refractivity contribution in [2.24, 2.45) is 5.92 Å². The smallest absolute Gasteiger partial charge is 0.133 e. The van der Waals surface area contributed by atoms with Crippen molar-refractivity contribution in [2.75, 3.05) is 20.3 Å². The molecule has 1 saturated carbocycles. The molecule has 2 aromatic heterocycles. The summed E-state index contributed by atoms with van der Waals surface area (Å²) in [5.41, 5.74) is 3.31. The molecule has 4 rings (SSSR count). The van der Waals surface area contributed by atoms with Crippen molar-refractivity contribution in [3.63, 3.8) is 0 Å². The minimum atomic E-state index is 0.133. The third-order valence-corrected chi connectivity index (χ3v) is 4.75. The Morgan fingerprint density at radius 2 is 2.26 bits per heavy atom. The number of hydrogen-bond donors (Lipinski definition) is 0. The van der Waals surface area contributed by atoms with Crippen LogP contribution < -0.4 is 0 Å². The van der Waals surface area contributed by atoms with E-state index in [0.29, 0.717) is 6.61 Å². The van der Waals surface area contributed by atoms with Crippen LogP contribution in [0.25, 0.3) is 0 Å². The number of ether oxygens (including phenoxy) is 1. The first-order valence-corrected chi connectivity index (χ1v) is 8.32. The molecule has 0 N–H and O–H groups in total. The summed E-state index contributed by atoms with van der Waals surface area (Å²) in [7, 11) is 1.74. The molecule has 0 amide bonds. The van der Waals surface area contributed by atoms with E-state index in [-0.39, 0.29) is 6.04 Å². The highest BCUT2D eigenvalue weighted by Crippen LogP contribution is 2.34. The molecule has 1 fully saturated rings. The van der Waals surface area contributed by atoms with Crippen LogP contribution in [0, 0.1) is 12.8 Å². The molecule has 0 unspecified atom stereocenters. The second-order valence-electron chi connectivity index (χ2n) is 6.67. The summed E-state index contributed by atoms with van der Waals surface area (Å²) in [4.78, 5) is 2.36. The topological polar surface area (TPSA) is 69.2 Å². The van der Waals surface area contributed by atoms with Crippen molar-refractivity contribution in [1.29, 1.82) is 0 Å². The highest BCUT2D eigenvalue weighted by Gasteiger charge is 2.34. The lowest BCUT2D eigenvalue weighted by atomic mass is 10.0. The van der Waals surface area contributed by atoms with Crippen molar-refractivity contribution in [2.45, 2.75) is 45.3 Å². The van der Waals surface area contributed by atoms with Gasteiger partial charge in [0.1, 0.15) is 11.5 Å². The SMILES string of the molecule is COC[C@H]1c2nnn(CC3CC3)c2CCN1Cc1cc(C)on1. The van der Waals surface area contributed by atoms with Crippen LogP contribution in [0.1, 0.15) is 41.7 Å². The van der Waals surface area contributed by atoms with Gasteiger partial charge >= 0.3 is 0 Å². The van der Waals surface area contributed by atoms with Gasteiger partial charge in [-0.3, -0.25) is 4.90 Å². The van der Waals surface area contributed by atoms with Crippen LogP contribution in [-0.2, 0) is 24.2 Å². The van der Waals surface area contributed by atoms with E-state index in [0.717, 1.165) is 49.1 Å². The van der Waals surface area contributed by atoms with Crippen molar-refractivity contribution in [3.8, 4) is 0 Å². The Labute approximate surface area is 135 Å². The largest absolute Gasteiger partial charge is 0.383 e. The van der Waals surface area contributed by atoms with E-state index in [1.54, 1.807) is 7.11 Å². The van der Waals surface area contributed by atoms with Gasteiger partial charge in [-0.15, -0.1) is 5.10 Å². The quantitative estimate of drug-likeness (QED) is 0.808. The number of aryl methyl sites for hydroxylation is 1. The monoisotopic (exact) mass is 317 g/mol. The summed E-state index contributed by atoms with van der Waals surface area (Å²) in [5, 5.41) is 13.0. The summed E-state index contributed by atoms with van der Waals surface area (Å²) < 4.78 is 12.8. The standard InChI is InChI=1S/C16H23N5O2/c1-11-7-13(18-23-11)9-20-6-5-14-16(15(20)10-22-2)17-19-21(14)8-12-3-4-12/h7,12,15H,3-6,8-10H2,1-2H3/t15-/m0/s1. The van der Waals surface area contributed by atoms with Gasteiger partial charge in [0.25, 0.3) is 0 Å². The van der Waals surface area contributed by atoms with E-state index in [9.17, 15) is 0 Å². The Bertz CT molecular complexity index is 676. The van der Waals surface area contributed by atoms with Gasteiger partial charge in [-0.2, -0.15) is 0 Å². The molecule has 7 heteroatoms. The van der Waals surface area contributed by atoms with Gasteiger partial charge in [0, 0.05) is 39.2 Å². The second kappa shape index (κ2) is 6.05. The van der Waals surface area contributed by atoms with Gasteiger partial charge in [0.05, 0.1) is 24.0 Å². The molecule has 0 bridgehead atoms. The first kappa shape index (κ1) is 14.8. The molecular formula is C16H23N5O2. The Balaban J connectivity index is 1.56. The molecule has 2 aliphatic rings. The summed E-state index contributed by atoms with van der Waals surface area (Å²) in [6.07, 6.45) is 3.63. The maximum atomic E-state index is 5.45. The van der Waals surface area contributed by atoms with Gasteiger partial charge < -0.3 is 9.26 Å². The lowest BCUT2D eigenvalue weighted by Gasteiger charge is -2.33. The first-order valence-electron chi connectivity index (χ1n) is 8.32. The van der Waals surface area contributed by atoms with Crippen LogP contribution in [0.5, 0.6) is 0 Å². The zero-order chi connectivity index (χ0) is 15.8. The molecule has 1 aliphatic carbocycles. The molecule has 1 aliphatic heterocycles. The maximum absolute atomic E-state index is 5.45. The van der Waals surface area contributed by atoms with Crippen LogP contribution in [0.3, 0.4) is 0 Å². The zero-order valence-electron chi connectivity index (χ0n) is 13.7. The molecule has 23 heavy (non-hydrogen) atoms. The van der Waals surface area contributed by atoms with Crippen LogP contribution in [0.2, 0.25) is 0 Å². The van der Waals surface area contributed by atoms with Crippen LogP contribution in [0.15, 0.2) is 10.6 Å². The van der Waals surface area contributed by atoms with Gasteiger partial charge in [0.15, 0.2) is 0 Å². The highest BCUT2D eigenvalue weighted by molar-refractivity contribution is 5.20. The fourth-order valence-corrected chi connectivity index (χ4v) is 3.36. The van der Waals surface area contributed by atoms with Crippen LogP contribution in [-0.4, -0.2) is 45.3 Å². The molecule has 7 nitrogen and oxygen atoms in total. The Morgan fingerprint density at radius 3 is 2.96 bits per heavy atom. The minimum absolute atomic E-state index is 0.133. The normalized spacial score (nSPS) is 21.6. The van der Waals surface area contributed by atoms with Gasteiger partial charge in [-0.25, -0.2) is 4.68 Å². The Morgan fingerprint density at radius 1 is 1.39 bits per heavy atom. The molecule has 124 valence electrons. The van der Waals surface area contributed by atoms with Crippen molar-refractivity contribution in [1.82, 2.24) is 25.1 Å². The molecular weight excluding hydrogens is 294 g/mol. The molecule has 1 atom stereocenters. The number of nitrogens with zero attached hydrogens (tertiary/aromatic N) is 5. The number of aromatic nitrogens is 4. The number of hydrogen-bond acceptors (Lipinski definition) is 6. The Hall–Kier alpha value is -1.73. The van der Waals surface area contributed by atoms with E-state index in [1.165, 1.54) is 18.5 Å². The first-order chi connectivity index (χ1) is 11.2. The second-order valence-corrected chi connectivity index (χ2v) is 6.67. The minimum Gasteiger partial charge on any atom is -0.383 e. The summed E-state index contributed by atoms with van der Waals surface area (Å²) >= 11 is 0. The van der Waals surface area contributed by atoms with Gasteiger partial charge in [-0.05, 0) is 25.7 Å². The lowest BCUT2D eigenvalue weighted by molar-refractivity contribution is 0.0734.